The highest BCUT2D eigenvalue weighted by Crippen LogP contribution is 2.48. The minimum atomic E-state index is -0.600. The van der Waals surface area contributed by atoms with E-state index in [0.717, 1.165) is 25.9 Å². The summed E-state index contributed by atoms with van der Waals surface area (Å²) < 4.78 is 25.8. The molecule has 2 fully saturated rings. The maximum atomic E-state index is 14.1. The fourth-order valence-corrected chi connectivity index (χ4v) is 5.64. The first-order valence-electron chi connectivity index (χ1n) is 11.8. The molecule has 0 N–H and O–H groups in total. The highest BCUT2D eigenvalue weighted by molar-refractivity contribution is 6.11. The lowest BCUT2D eigenvalue weighted by Gasteiger charge is -2.40. The number of hydrogen-bond acceptors (Lipinski definition) is 5. The fourth-order valence-electron chi connectivity index (χ4n) is 5.64. The molecule has 0 aromatic heterocycles. The molecule has 3 heterocycles. The molecular weight excluding hydrogens is 411 g/mol. The third-order valence-electron chi connectivity index (χ3n) is 7.73. The number of fused-ring (bicyclic) bond motifs is 1. The largest absolute Gasteiger partial charge is 0.483 e. The lowest BCUT2D eigenvalue weighted by atomic mass is 9.70. The highest BCUT2D eigenvalue weighted by atomic mass is 19.1. The molecule has 5 rings (SSSR count). The van der Waals surface area contributed by atoms with Crippen molar-refractivity contribution in [3.05, 3.63) is 47.0 Å². The van der Waals surface area contributed by atoms with Gasteiger partial charge >= 0.3 is 0 Å². The second kappa shape index (κ2) is 8.60. The normalized spacial score (nSPS) is 33.2. The number of carbonyl (C=O) groups is 2. The molecule has 32 heavy (non-hydrogen) atoms. The number of hydrogen-bond donors (Lipinski definition) is 0. The predicted molar refractivity (Wildman–Crippen MR) is 116 cm³/mol. The van der Waals surface area contributed by atoms with Gasteiger partial charge < -0.3 is 14.4 Å². The van der Waals surface area contributed by atoms with Gasteiger partial charge in [-0.2, -0.15) is 0 Å². The zero-order valence-corrected chi connectivity index (χ0v) is 18.8. The molecule has 5 unspecified atom stereocenters. The van der Waals surface area contributed by atoms with Crippen molar-refractivity contribution in [2.24, 2.45) is 17.8 Å². The topological polar surface area (TPSA) is 59.1 Å². The number of ether oxygens (including phenoxy) is 2. The number of halogens is 1. The smallest absolute Gasteiger partial charge is 0.290 e. The van der Waals surface area contributed by atoms with E-state index in [1.54, 1.807) is 17.0 Å². The van der Waals surface area contributed by atoms with Gasteiger partial charge in [0.2, 0.25) is 0 Å². The second-order valence-corrected chi connectivity index (χ2v) is 9.71. The van der Waals surface area contributed by atoms with Crippen molar-refractivity contribution in [2.75, 3.05) is 39.4 Å². The van der Waals surface area contributed by atoms with Gasteiger partial charge in [0.1, 0.15) is 11.9 Å². The molecule has 7 heteroatoms. The molecule has 1 aliphatic carbocycles. The summed E-state index contributed by atoms with van der Waals surface area (Å²) in [7, 11) is 0. The number of Topliss-reactive ketones (excluding diaryl/α,β-unsaturated/α-hetero) is 1. The maximum absolute atomic E-state index is 14.1. The number of nitrogens with zero attached hydrogens (tertiary/aromatic N) is 2. The van der Waals surface area contributed by atoms with Gasteiger partial charge in [-0.1, -0.05) is 26.0 Å². The molecule has 1 amide bonds. The van der Waals surface area contributed by atoms with Crippen LogP contribution in [0.15, 0.2) is 35.6 Å². The van der Waals surface area contributed by atoms with Crippen LogP contribution in [0.2, 0.25) is 0 Å². The quantitative estimate of drug-likeness (QED) is 0.718. The summed E-state index contributed by atoms with van der Waals surface area (Å²) in [6.45, 7) is 8.47. The number of benzene rings is 1. The van der Waals surface area contributed by atoms with Crippen LogP contribution in [-0.2, 0) is 19.1 Å². The Balaban J connectivity index is 1.48. The Kier molecular flexibility index (Phi) is 5.80. The number of rotatable bonds is 4. The van der Waals surface area contributed by atoms with Crippen molar-refractivity contribution < 1.29 is 23.5 Å². The molecule has 1 aromatic carbocycles. The Morgan fingerprint density at radius 3 is 2.56 bits per heavy atom. The molecule has 4 aliphatic rings. The van der Waals surface area contributed by atoms with Crippen LogP contribution in [0, 0.1) is 23.6 Å². The number of morpholine rings is 1. The minimum Gasteiger partial charge on any atom is -0.483 e. The number of amides is 1. The van der Waals surface area contributed by atoms with Gasteiger partial charge in [-0.25, -0.2) is 4.39 Å². The van der Waals surface area contributed by atoms with E-state index >= 15 is 0 Å². The Labute approximate surface area is 188 Å². The van der Waals surface area contributed by atoms with Gasteiger partial charge in [0.05, 0.1) is 30.7 Å². The zero-order chi connectivity index (χ0) is 22.4. The van der Waals surface area contributed by atoms with Crippen molar-refractivity contribution in [1.29, 1.82) is 0 Å². The Morgan fingerprint density at radius 2 is 1.81 bits per heavy atom. The summed E-state index contributed by atoms with van der Waals surface area (Å²) in [5.41, 5.74) is 1.04. The van der Waals surface area contributed by atoms with E-state index in [1.165, 1.54) is 12.1 Å². The van der Waals surface area contributed by atoms with Crippen LogP contribution in [0.5, 0.6) is 0 Å². The molecule has 0 radical (unpaired) electrons. The van der Waals surface area contributed by atoms with E-state index < -0.39 is 6.04 Å². The molecule has 6 nitrogen and oxygen atoms in total. The lowest BCUT2D eigenvalue weighted by molar-refractivity contribution is -0.137. The van der Waals surface area contributed by atoms with Crippen LogP contribution in [0.25, 0.3) is 0 Å². The minimum absolute atomic E-state index is 0.00600. The van der Waals surface area contributed by atoms with Crippen LogP contribution in [0.1, 0.15) is 38.3 Å². The van der Waals surface area contributed by atoms with E-state index in [-0.39, 0.29) is 35.3 Å². The molecular formula is C25H31FN2O4. The van der Waals surface area contributed by atoms with Crippen molar-refractivity contribution in [3.63, 3.8) is 0 Å². The van der Waals surface area contributed by atoms with Crippen molar-refractivity contribution >= 4 is 11.7 Å². The zero-order valence-electron chi connectivity index (χ0n) is 18.8. The van der Waals surface area contributed by atoms with E-state index in [0.29, 0.717) is 49.3 Å². The van der Waals surface area contributed by atoms with Crippen molar-refractivity contribution in [2.45, 2.75) is 38.8 Å². The monoisotopic (exact) mass is 442 g/mol. The Hall–Kier alpha value is -2.25. The Bertz CT molecular complexity index is 942. The first kappa shape index (κ1) is 21.6. The fraction of sp³-hybridized carbons (Fsp3) is 0.600. The van der Waals surface area contributed by atoms with Crippen LogP contribution in [-0.4, -0.2) is 67.0 Å². The van der Waals surface area contributed by atoms with Gasteiger partial charge in [-0.3, -0.25) is 14.5 Å². The first-order valence-corrected chi connectivity index (χ1v) is 11.8. The molecule has 5 atom stereocenters. The van der Waals surface area contributed by atoms with Gasteiger partial charge in [0.25, 0.3) is 5.91 Å². The predicted octanol–water partition coefficient (Wildman–Crippen LogP) is 2.95. The van der Waals surface area contributed by atoms with Crippen molar-refractivity contribution in [3.8, 4) is 0 Å². The molecule has 0 spiro atoms. The molecule has 1 saturated carbocycles. The summed E-state index contributed by atoms with van der Waals surface area (Å²) in [5.74, 6) is 0.205. The van der Waals surface area contributed by atoms with Crippen LogP contribution in [0.4, 0.5) is 4.39 Å². The van der Waals surface area contributed by atoms with Crippen LogP contribution < -0.4 is 0 Å². The number of ketones is 1. The summed E-state index contributed by atoms with van der Waals surface area (Å²) in [6, 6.07) is 5.64. The molecule has 172 valence electrons. The maximum Gasteiger partial charge on any atom is 0.290 e. The molecule has 1 saturated heterocycles. The van der Waals surface area contributed by atoms with E-state index in [2.05, 4.69) is 18.7 Å². The average molecular weight is 443 g/mol. The van der Waals surface area contributed by atoms with Crippen LogP contribution >= 0.6 is 0 Å². The third-order valence-corrected chi connectivity index (χ3v) is 7.73. The van der Waals surface area contributed by atoms with E-state index in [1.807, 2.05) is 0 Å². The van der Waals surface area contributed by atoms with Crippen molar-refractivity contribution in [1.82, 2.24) is 9.80 Å². The summed E-state index contributed by atoms with van der Waals surface area (Å²) in [4.78, 5) is 31.2. The molecule has 3 aliphatic heterocycles. The summed E-state index contributed by atoms with van der Waals surface area (Å²) in [6.07, 6.45) is 1.29. The van der Waals surface area contributed by atoms with E-state index in [4.69, 9.17) is 9.47 Å². The molecule has 1 aromatic rings. The second-order valence-electron chi connectivity index (χ2n) is 9.71. The highest BCUT2D eigenvalue weighted by Gasteiger charge is 2.53. The average Bonchev–Trinajstić information content (AvgIpc) is 3.06. The number of carbonyl (C=O) groups excluding carboxylic acids is 2. The van der Waals surface area contributed by atoms with Gasteiger partial charge in [0, 0.05) is 26.2 Å². The van der Waals surface area contributed by atoms with Gasteiger partial charge in [-0.15, -0.1) is 0 Å². The summed E-state index contributed by atoms with van der Waals surface area (Å²) in [5, 5.41) is 0. The molecule has 0 bridgehead atoms. The lowest BCUT2D eigenvalue weighted by Crippen LogP contribution is -2.43. The SMILES string of the molecule is CC1CC2OC3=C(C(=O)C2CC1C)C(c1cccc(F)c1)N(CCN1CCOCC1)C3=O. The van der Waals surface area contributed by atoms with E-state index in [9.17, 15) is 14.0 Å². The van der Waals surface area contributed by atoms with Gasteiger partial charge in [-0.05, 0) is 42.4 Å². The van der Waals surface area contributed by atoms with Crippen LogP contribution in [0.3, 0.4) is 0 Å². The summed E-state index contributed by atoms with van der Waals surface area (Å²) >= 11 is 0. The standard InChI is InChI=1S/C25H31FN2O4/c1-15-12-19-20(13-16(15)2)32-24-21(23(19)29)22(17-4-3-5-18(26)14-17)28(25(24)30)7-6-27-8-10-31-11-9-27/h3-5,14-16,19-20,22H,6-13H2,1-2H3. The first-order chi connectivity index (χ1) is 15.4. The third kappa shape index (κ3) is 3.75. The van der Waals surface area contributed by atoms with Gasteiger partial charge in [0.15, 0.2) is 11.5 Å². The Morgan fingerprint density at radius 1 is 1.06 bits per heavy atom.